The van der Waals surface area contributed by atoms with Crippen molar-refractivity contribution in [2.24, 2.45) is 0 Å². The van der Waals surface area contributed by atoms with Crippen LogP contribution in [0.1, 0.15) is 55.3 Å². The molecule has 2 N–H and O–H groups in total. The lowest BCUT2D eigenvalue weighted by atomic mass is 9.88. The minimum absolute atomic E-state index is 0.0274. The van der Waals surface area contributed by atoms with Crippen LogP contribution in [0.25, 0.3) is 10.2 Å². The van der Waals surface area contributed by atoms with Crippen LogP contribution in [0.3, 0.4) is 0 Å². The zero-order valence-corrected chi connectivity index (χ0v) is 22.2. The summed E-state index contributed by atoms with van der Waals surface area (Å²) in [6.07, 6.45) is 13.0. The molecule has 3 aromatic rings. The highest BCUT2D eigenvalue weighted by Gasteiger charge is 2.39. The first-order valence-electron chi connectivity index (χ1n) is 12.8. The van der Waals surface area contributed by atoms with Gasteiger partial charge in [-0.25, -0.2) is 15.0 Å². The van der Waals surface area contributed by atoms with Crippen LogP contribution in [0.2, 0.25) is 0 Å². The number of piperidine rings is 1. The SMILES string of the molecule is CSc1cnc(N[C@H]2CC[C@H](Nc3nc4ccc(C(=O)N5CCC6(CCCO6)CC5)cc4s3)C2)nc1. The molecule has 2 atom stereocenters. The number of benzene rings is 1. The number of anilines is 2. The summed E-state index contributed by atoms with van der Waals surface area (Å²) in [6, 6.07) is 6.60. The normalized spacial score (nSPS) is 23.4. The monoisotopic (exact) mass is 524 g/mol. The van der Waals surface area contributed by atoms with E-state index in [-0.39, 0.29) is 11.5 Å². The van der Waals surface area contributed by atoms with Crippen molar-refractivity contribution in [3.8, 4) is 0 Å². The molecule has 1 spiro atoms. The largest absolute Gasteiger partial charge is 0.375 e. The van der Waals surface area contributed by atoms with Crippen molar-refractivity contribution in [3.63, 3.8) is 0 Å². The van der Waals surface area contributed by atoms with Crippen molar-refractivity contribution in [2.45, 2.75) is 67.5 Å². The molecule has 2 saturated heterocycles. The molecule has 10 heteroatoms. The van der Waals surface area contributed by atoms with Crippen LogP contribution in [0, 0.1) is 0 Å². The maximum absolute atomic E-state index is 13.2. The highest BCUT2D eigenvalue weighted by Crippen LogP contribution is 2.36. The number of nitrogens with zero attached hydrogens (tertiary/aromatic N) is 4. The number of carbonyl (C=O) groups is 1. The maximum atomic E-state index is 13.2. The number of hydrogen-bond donors (Lipinski definition) is 2. The third kappa shape index (κ3) is 5.03. The molecule has 6 rings (SSSR count). The minimum Gasteiger partial charge on any atom is -0.375 e. The second-order valence-electron chi connectivity index (χ2n) is 10.1. The Bertz CT molecular complexity index is 1220. The van der Waals surface area contributed by atoms with E-state index in [4.69, 9.17) is 9.72 Å². The Labute approximate surface area is 219 Å². The fourth-order valence-electron chi connectivity index (χ4n) is 5.67. The summed E-state index contributed by atoms with van der Waals surface area (Å²) in [5.74, 6) is 0.806. The number of hydrogen-bond acceptors (Lipinski definition) is 9. The number of ether oxygens (including phenoxy) is 1. The smallest absolute Gasteiger partial charge is 0.253 e. The predicted octanol–water partition coefficient (Wildman–Crippen LogP) is 5.04. The summed E-state index contributed by atoms with van der Waals surface area (Å²) in [5, 5.41) is 8.00. The Morgan fingerprint density at radius 1 is 1.14 bits per heavy atom. The van der Waals surface area contributed by atoms with Gasteiger partial charge in [-0.2, -0.15) is 0 Å². The molecule has 8 nitrogen and oxygen atoms in total. The molecule has 0 radical (unpaired) electrons. The van der Waals surface area contributed by atoms with E-state index in [1.807, 2.05) is 41.7 Å². The van der Waals surface area contributed by atoms with E-state index in [1.54, 1.807) is 23.1 Å². The topological polar surface area (TPSA) is 92.3 Å². The van der Waals surface area contributed by atoms with Gasteiger partial charge in [0, 0.05) is 54.6 Å². The van der Waals surface area contributed by atoms with E-state index >= 15 is 0 Å². The highest BCUT2D eigenvalue weighted by molar-refractivity contribution is 7.98. The van der Waals surface area contributed by atoms with Crippen LogP contribution in [-0.2, 0) is 4.74 Å². The van der Waals surface area contributed by atoms with E-state index in [0.717, 1.165) is 90.4 Å². The van der Waals surface area contributed by atoms with Crippen molar-refractivity contribution in [3.05, 3.63) is 36.2 Å². The number of carbonyl (C=O) groups excluding carboxylic acids is 1. The molecule has 1 aromatic carbocycles. The van der Waals surface area contributed by atoms with Crippen molar-refractivity contribution >= 4 is 50.3 Å². The zero-order chi connectivity index (χ0) is 24.5. The summed E-state index contributed by atoms with van der Waals surface area (Å²) >= 11 is 3.27. The van der Waals surface area contributed by atoms with E-state index in [2.05, 4.69) is 20.6 Å². The average molecular weight is 525 g/mol. The first-order valence-corrected chi connectivity index (χ1v) is 14.9. The van der Waals surface area contributed by atoms with Gasteiger partial charge in [0.25, 0.3) is 5.91 Å². The molecule has 0 bridgehead atoms. The lowest BCUT2D eigenvalue weighted by Gasteiger charge is -2.38. The molecule has 1 saturated carbocycles. The van der Waals surface area contributed by atoms with Gasteiger partial charge in [0.1, 0.15) is 0 Å². The van der Waals surface area contributed by atoms with Gasteiger partial charge in [-0.05, 0) is 69.4 Å². The molecule has 3 aliphatic rings. The molecule has 36 heavy (non-hydrogen) atoms. The molecule has 0 unspecified atom stereocenters. The van der Waals surface area contributed by atoms with Crippen LogP contribution >= 0.6 is 23.1 Å². The van der Waals surface area contributed by atoms with Gasteiger partial charge in [0.05, 0.1) is 15.8 Å². The summed E-state index contributed by atoms with van der Waals surface area (Å²) < 4.78 is 7.06. The molecule has 1 aliphatic carbocycles. The summed E-state index contributed by atoms with van der Waals surface area (Å²) in [6.45, 7) is 2.41. The number of likely N-dealkylation sites (tertiary alicyclic amines) is 1. The van der Waals surface area contributed by atoms with Gasteiger partial charge >= 0.3 is 0 Å². The standard InChI is InChI=1S/C26H32N6O2S2/c1-35-20-15-27-24(28-16-20)29-18-4-5-19(14-18)30-25-31-21-6-3-17(13-22(21)36-25)23(33)32-10-8-26(9-11-32)7-2-12-34-26/h3,6,13,15-16,18-19H,2,4-5,7-12,14H2,1H3,(H,30,31)(H,27,28,29)/t18-,19-/m0/s1. The first kappa shape index (κ1) is 23.9. The maximum Gasteiger partial charge on any atom is 0.253 e. The molecule has 190 valence electrons. The molecule has 3 fully saturated rings. The molecule has 2 aromatic heterocycles. The second kappa shape index (κ2) is 10.1. The fraction of sp³-hybridized carbons (Fsp3) is 0.538. The Balaban J connectivity index is 1.05. The summed E-state index contributed by atoms with van der Waals surface area (Å²) in [5.41, 5.74) is 1.71. The van der Waals surface area contributed by atoms with Crippen molar-refractivity contribution in [1.82, 2.24) is 19.9 Å². The number of fused-ring (bicyclic) bond motifs is 1. The first-order chi connectivity index (χ1) is 17.6. The quantitative estimate of drug-likeness (QED) is 0.434. The number of rotatable bonds is 6. The molecular formula is C26H32N6O2S2. The van der Waals surface area contributed by atoms with Gasteiger partial charge in [-0.1, -0.05) is 11.3 Å². The second-order valence-corrected chi connectivity index (χ2v) is 12.0. The van der Waals surface area contributed by atoms with Crippen molar-refractivity contribution in [1.29, 1.82) is 0 Å². The Morgan fingerprint density at radius 2 is 1.92 bits per heavy atom. The minimum atomic E-state index is 0.0274. The lowest BCUT2D eigenvalue weighted by Crippen LogP contribution is -2.46. The number of nitrogens with one attached hydrogen (secondary N) is 2. The van der Waals surface area contributed by atoms with Crippen LogP contribution < -0.4 is 10.6 Å². The third-order valence-electron chi connectivity index (χ3n) is 7.74. The van der Waals surface area contributed by atoms with Gasteiger partial charge in [0.2, 0.25) is 5.95 Å². The van der Waals surface area contributed by atoms with E-state index in [1.165, 1.54) is 0 Å². The number of amides is 1. The van der Waals surface area contributed by atoms with Crippen LogP contribution in [0.15, 0.2) is 35.5 Å². The summed E-state index contributed by atoms with van der Waals surface area (Å²) in [4.78, 5) is 29.9. The average Bonchev–Trinajstić information content (AvgIpc) is 3.65. The van der Waals surface area contributed by atoms with Crippen molar-refractivity contribution in [2.75, 3.05) is 36.6 Å². The van der Waals surface area contributed by atoms with Crippen LogP contribution in [0.5, 0.6) is 0 Å². The fourth-order valence-corrected chi connectivity index (χ4v) is 6.96. The van der Waals surface area contributed by atoms with Gasteiger partial charge in [0.15, 0.2) is 5.13 Å². The predicted molar refractivity (Wildman–Crippen MR) is 145 cm³/mol. The molecule has 2 aliphatic heterocycles. The number of thioether (sulfide) groups is 1. The van der Waals surface area contributed by atoms with Crippen LogP contribution in [0.4, 0.5) is 11.1 Å². The summed E-state index contributed by atoms with van der Waals surface area (Å²) in [7, 11) is 0. The van der Waals surface area contributed by atoms with E-state index in [9.17, 15) is 4.79 Å². The van der Waals surface area contributed by atoms with Gasteiger partial charge in [-0.3, -0.25) is 4.79 Å². The van der Waals surface area contributed by atoms with Crippen molar-refractivity contribution < 1.29 is 9.53 Å². The third-order valence-corrected chi connectivity index (χ3v) is 9.37. The zero-order valence-electron chi connectivity index (χ0n) is 20.5. The Hall–Kier alpha value is -2.43. The lowest BCUT2D eigenvalue weighted by molar-refractivity contribution is -0.0387. The number of aromatic nitrogens is 3. The number of thiazole rings is 1. The molecule has 1 amide bonds. The van der Waals surface area contributed by atoms with Crippen LogP contribution in [-0.4, -0.2) is 69.4 Å². The highest BCUT2D eigenvalue weighted by atomic mass is 32.2. The molecular weight excluding hydrogens is 492 g/mol. The van der Waals surface area contributed by atoms with Gasteiger partial charge < -0.3 is 20.3 Å². The van der Waals surface area contributed by atoms with E-state index in [0.29, 0.717) is 18.0 Å². The Kier molecular flexibility index (Phi) is 6.74. The van der Waals surface area contributed by atoms with Gasteiger partial charge in [-0.15, -0.1) is 11.8 Å². The Morgan fingerprint density at radius 3 is 2.64 bits per heavy atom. The van der Waals surface area contributed by atoms with E-state index < -0.39 is 0 Å². The molecule has 4 heterocycles.